The minimum atomic E-state index is -0.114. The fourth-order valence-electron chi connectivity index (χ4n) is 2.81. The monoisotopic (exact) mass is 281 g/mol. The van der Waals surface area contributed by atoms with Crippen LogP contribution in [0.1, 0.15) is 16.7 Å². The Kier molecular flexibility index (Phi) is 3.20. The molecule has 0 radical (unpaired) electrons. The van der Waals surface area contributed by atoms with Crippen LogP contribution in [0.25, 0.3) is 22.2 Å². The molecule has 0 fully saturated rings. The van der Waals surface area contributed by atoms with Crippen LogP contribution >= 0.6 is 0 Å². The van der Waals surface area contributed by atoms with Gasteiger partial charge in [-0.3, -0.25) is 0 Å². The molecule has 0 spiro atoms. The number of fused-ring (bicyclic) bond motifs is 1. The minimum Gasteiger partial charge on any atom is -0.232 e. The number of halogens is 1. The van der Waals surface area contributed by atoms with Crippen LogP contribution in [0.15, 0.2) is 36.7 Å². The van der Waals surface area contributed by atoms with E-state index in [1.807, 2.05) is 63.0 Å². The van der Waals surface area contributed by atoms with Gasteiger partial charge in [-0.15, -0.1) is 0 Å². The SMILES string of the molecule is Cc1cc(-c2c3ccccc3nc[n+]2C)c(C)c(C)c1F. The van der Waals surface area contributed by atoms with E-state index in [1.54, 1.807) is 0 Å². The Morgan fingerprint density at radius 3 is 2.52 bits per heavy atom. The Morgan fingerprint density at radius 2 is 1.76 bits per heavy atom. The third kappa shape index (κ3) is 2.09. The molecule has 0 atom stereocenters. The molecule has 0 saturated heterocycles. The van der Waals surface area contributed by atoms with Crippen LogP contribution in [-0.2, 0) is 7.05 Å². The number of benzene rings is 2. The van der Waals surface area contributed by atoms with Gasteiger partial charge in [0.25, 0.3) is 6.33 Å². The number of rotatable bonds is 1. The summed E-state index contributed by atoms with van der Waals surface area (Å²) in [5.74, 6) is -0.114. The Balaban J connectivity index is 2.44. The van der Waals surface area contributed by atoms with Crippen LogP contribution in [-0.4, -0.2) is 4.98 Å². The van der Waals surface area contributed by atoms with Gasteiger partial charge in [0.05, 0.1) is 12.4 Å². The van der Waals surface area contributed by atoms with Gasteiger partial charge >= 0.3 is 0 Å². The van der Waals surface area contributed by atoms with Crippen LogP contribution in [0.2, 0.25) is 0 Å². The molecule has 1 aromatic heterocycles. The minimum absolute atomic E-state index is 0.114. The smallest absolute Gasteiger partial charge is 0.232 e. The van der Waals surface area contributed by atoms with Gasteiger partial charge in [0.15, 0.2) is 5.52 Å². The Hall–Kier alpha value is -2.29. The molecular weight excluding hydrogens is 263 g/mol. The van der Waals surface area contributed by atoms with E-state index in [9.17, 15) is 4.39 Å². The predicted octanol–water partition coefficient (Wildman–Crippen LogP) is 3.79. The van der Waals surface area contributed by atoms with Gasteiger partial charge in [0.1, 0.15) is 11.5 Å². The van der Waals surface area contributed by atoms with Crippen molar-refractivity contribution in [3.8, 4) is 11.3 Å². The molecule has 0 saturated carbocycles. The first kappa shape index (κ1) is 13.7. The van der Waals surface area contributed by atoms with E-state index in [0.717, 1.165) is 27.7 Å². The number of para-hydroxylation sites is 1. The third-order valence-electron chi connectivity index (χ3n) is 4.14. The average Bonchev–Trinajstić information content (AvgIpc) is 2.49. The van der Waals surface area contributed by atoms with Gasteiger partial charge in [-0.1, -0.05) is 12.1 Å². The van der Waals surface area contributed by atoms with Gasteiger partial charge in [-0.2, -0.15) is 0 Å². The van der Waals surface area contributed by atoms with Crippen molar-refractivity contribution < 1.29 is 8.96 Å². The van der Waals surface area contributed by atoms with Crippen molar-refractivity contribution in [3.63, 3.8) is 0 Å². The fourth-order valence-corrected chi connectivity index (χ4v) is 2.81. The van der Waals surface area contributed by atoms with Crippen molar-refractivity contribution in [2.75, 3.05) is 0 Å². The van der Waals surface area contributed by atoms with E-state index >= 15 is 0 Å². The molecule has 21 heavy (non-hydrogen) atoms. The second kappa shape index (κ2) is 4.92. The summed E-state index contributed by atoms with van der Waals surface area (Å²) in [6, 6.07) is 9.97. The summed E-state index contributed by atoms with van der Waals surface area (Å²) >= 11 is 0. The van der Waals surface area contributed by atoms with Gasteiger partial charge in [0, 0.05) is 5.56 Å². The lowest BCUT2D eigenvalue weighted by atomic mass is 9.95. The molecule has 0 aliphatic carbocycles. The van der Waals surface area contributed by atoms with Crippen molar-refractivity contribution in [1.82, 2.24) is 4.98 Å². The topological polar surface area (TPSA) is 16.8 Å². The largest absolute Gasteiger partial charge is 0.287 e. The first-order valence-electron chi connectivity index (χ1n) is 7.00. The molecule has 0 amide bonds. The van der Waals surface area contributed by atoms with Gasteiger partial charge in [0.2, 0.25) is 0 Å². The Bertz CT molecular complexity index is 853. The van der Waals surface area contributed by atoms with E-state index in [1.165, 1.54) is 0 Å². The zero-order valence-corrected chi connectivity index (χ0v) is 12.7. The van der Waals surface area contributed by atoms with Crippen molar-refractivity contribution in [1.29, 1.82) is 0 Å². The molecule has 106 valence electrons. The highest BCUT2D eigenvalue weighted by Crippen LogP contribution is 2.31. The normalized spacial score (nSPS) is 11.1. The van der Waals surface area contributed by atoms with Gasteiger partial charge in [-0.25, -0.2) is 8.96 Å². The van der Waals surface area contributed by atoms with E-state index in [0.29, 0.717) is 11.1 Å². The number of hydrogen-bond donors (Lipinski definition) is 0. The number of nitrogens with zero attached hydrogens (tertiary/aromatic N) is 2. The highest BCUT2D eigenvalue weighted by Gasteiger charge is 2.19. The fraction of sp³-hybridized carbons (Fsp3) is 0.222. The van der Waals surface area contributed by atoms with E-state index in [2.05, 4.69) is 11.1 Å². The zero-order valence-electron chi connectivity index (χ0n) is 12.7. The summed E-state index contributed by atoms with van der Waals surface area (Å²) < 4.78 is 16.1. The Labute approximate surface area is 123 Å². The van der Waals surface area contributed by atoms with Crippen molar-refractivity contribution in [2.24, 2.45) is 7.05 Å². The summed E-state index contributed by atoms with van der Waals surface area (Å²) in [5.41, 5.74) is 5.45. The number of aryl methyl sites for hydroxylation is 2. The standard InChI is InChI=1S/C18H18FN2/c1-11-9-15(12(2)13(3)17(11)19)18-14-7-5-6-8-16(14)20-10-21(18)4/h5-10H,1-4H3/q+1. The first-order valence-corrected chi connectivity index (χ1v) is 7.00. The van der Waals surface area contributed by atoms with Crippen LogP contribution in [0.3, 0.4) is 0 Å². The summed E-state index contributed by atoms with van der Waals surface area (Å²) in [6.45, 7) is 5.63. The lowest BCUT2D eigenvalue weighted by Crippen LogP contribution is -2.32. The average molecular weight is 281 g/mol. The summed E-state index contributed by atoms with van der Waals surface area (Å²) in [7, 11) is 1.97. The highest BCUT2D eigenvalue weighted by molar-refractivity contribution is 5.91. The van der Waals surface area contributed by atoms with E-state index in [4.69, 9.17) is 0 Å². The molecule has 0 aliphatic heterocycles. The molecule has 0 aliphatic rings. The van der Waals surface area contributed by atoms with Crippen LogP contribution in [0.4, 0.5) is 4.39 Å². The molecule has 3 aromatic rings. The third-order valence-corrected chi connectivity index (χ3v) is 4.14. The molecule has 1 heterocycles. The molecule has 3 heteroatoms. The van der Waals surface area contributed by atoms with E-state index < -0.39 is 0 Å². The molecule has 2 nitrogen and oxygen atoms in total. The van der Waals surface area contributed by atoms with Crippen molar-refractivity contribution in [2.45, 2.75) is 20.8 Å². The number of aromatic nitrogens is 2. The van der Waals surface area contributed by atoms with E-state index in [-0.39, 0.29) is 5.82 Å². The quantitative estimate of drug-likeness (QED) is 0.620. The molecule has 0 bridgehead atoms. The maximum Gasteiger partial charge on any atom is 0.287 e. The van der Waals surface area contributed by atoms with Crippen LogP contribution < -0.4 is 4.57 Å². The summed E-state index contributed by atoms with van der Waals surface area (Å²) in [5, 5.41) is 1.08. The zero-order chi connectivity index (χ0) is 15.1. The van der Waals surface area contributed by atoms with Crippen molar-refractivity contribution in [3.05, 3.63) is 59.2 Å². The Morgan fingerprint density at radius 1 is 1.05 bits per heavy atom. The van der Waals surface area contributed by atoms with Crippen molar-refractivity contribution >= 4 is 10.9 Å². The van der Waals surface area contributed by atoms with Crippen LogP contribution in [0.5, 0.6) is 0 Å². The maximum atomic E-state index is 14.1. The molecule has 0 N–H and O–H groups in total. The van der Waals surface area contributed by atoms with Crippen LogP contribution in [0, 0.1) is 26.6 Å². The molecule has 3 rings (SSSR count). The summed E-state index contributed by atoms with van der Waals surface area (Å²) in [6.07, 6.45) is 1.81. The van der Waals surface area contributed by atoms with Gasteiger partial charge in [-0.05, 0) is 60.6 Å². The highest BCUT2D eigenvalue weighted by atomic mass is 19.1. The lowest BCUT2D eigenvalue weighted by Gasteiger charge is -2.13. The molecule has 2 aromatic carbocycles. The van der Waals surface area contributed by atoms with Gasteiger partial charge < -0.3 is 0 Å². The second-order valence-electron chi connectivity index (χ2n) is 5.53. The predicted molar refractivity (Wildman–Crippen MR) is 82.5 cm³/mol. The number of hydrogen-bond acceptors (Lipinski definition) is 1. The summed E-state index contributed by atoms with van der Waals surface area (Å²) in [4.78, 5) is 4.45. The second-order valence-corrected chi connectivity index (χ2v) is 5.53. The lowest BCUT2D eigenvalue weighted by molar-refractivity contribution is -0.662. The first-order chi connectivity index (χ1) is 10.0. The molecule has 0 unspecified atom stereocenters. The maximum absolute atomic E-state index is 14.1. The molecular formula is C18H18FN2+.